The summed E-state index contributed by atoms with van der Waals surface area (Å²) in [5.41, 5.74) is 1.95. The minimum absolute atomic E-state index is 0.0688. The summed E-state index contributed by atoms with van der Waals surface area (Å²) >= 11 is 0. The Bertz CT molecular complexity index is 558. The van der Waals surface area contributed by atoms with Gasteiger partial charge in [0.25, 0.3) is 0 Å². The van der Waals surface area contributed by atoms with Crippen LogP contribution in [0.5, 0.6) is 0 Å². The van der Waals surface area contributed by atoms with Crippen molar-refractivity contribution in [2.45, 2.75) is 19.4 Å². The van der Waals surface area contributed by atoms with Crippen molar-refractivity contribution in [3.05, 3.63) is 66.2 Å². The fraction of sp³-hybridized carbons (Fsp3) is 0.278. The molecule has 0 fully saturated rings. The molecule has 0 radical (unpaired) electrons. The van der Waals surface area contributed by atoms with Gasteiger partial charge in [-0.15, -0.1) is 0 Å². The van der Waals surface area contributed by atoms with Gasteiger partial charge in [0, 0.05) is 18.8 Å². The lowest BCUT2D eigenvalue weighted by atomic mass is 10.1. The van der Waals surface area contributed by atoms with E-state index in [4.69, 9.17) is 4.74 Å². The summed E-state index contributed by atoms with van der Waals surface area (Å²) in [6.07, 6.45) is 0.846. The molecule has 2 N–H and O–H groups in total. The van der Waals surface area contributed by atoms with E-state index in [2.05, 4.69) is 22.8 Å². The first-order valence-electron chi connectivity index (χ1n) is 7.52. The van der Waals surface area contributed by atoms with Gasteiger partial charge in [-0.1, -0.05) is 48.5 Å². The van der Waals surface area contributed by atoms with Crippen LogP contribution in [0.1, 0.15) is 25.0 Å². The molecule has 0 heterocycles. The minimum atomic E-state index is -0.192. The van der Waals surface area contributed by atoms with Crippen molar-refractivity contribution in [1.82, 2.24) is 5.32 Å². The number of ether oxygens (including phenoxy) is 1. The van der Waals surface area contributed by atoms with Crippen molar-refractivity contribution in [2.75, 3.05) is 18.5 Å². The number of carbonyl (C=O) groups excluding carboxylic acids is 1. The molecule has 0 spiro atoms. The molecule has 0 unspecified atom stereocenters. The molecule has 0 aromatic heterocycles. The molecule has 0 saturated carbocycles. The van der Waals surface area contributed by atoms with Gasteiger partial charge < -0.3 is 15.4 Å². The largest absolute Gasteiger partial charge is 0.374 e. The highest BCUT2D eigenvalue weighted by molar-refractivity contribution is 5.89. The number of para-hydroxylation sites is 1. The summed E-state index contributed by atoms with van der Waals surface area (Å²) in [6.45, 7) is 3.23. The van der Waals surface area contributed by atoms with Crippen LogP contribution >= 0.6 is 0 Å². The molecule has 116 valence electrons. The molecular weight excluding hydrogens is 276 g/mol. The fourth-order valence-corrected chi connectivity index (χ4v) is 2.05. The average Bonchev–Trinajstić information content (AvgIpc) is 2.56. The quantitative estimate of drug-likeness (QED) is 0.760. The normalized spacial score (nSPS) is 11.7. The van der Waals surface area contributed by atoms with E-state index in [0.717, 1.165) is 17.7 Å². The van der Waals surface area contributed by atoms with Crippen molar-refractivity contribution < 1.29 is 9.53 Å². The van der Waals surface area contributed by atoms with Crippen LogP contribution in [-0.4, -0.2) is 19.2 Å². The van der Waals surface area contributed by atoms with E-state index in [1.807, 2.05) is 55.5 Å². The Kier molecular flexibility index (Phi) is 6.45. The lowest BCUT2D eigenvalue weighted by Crippen LogP contribution is -2.30. The zero-order chi connectivity index (χ0) is 15.6. The summed E-state index contributed by atoms with van der Waals surface area (Å²) in [5, 5.41) is 5.59. The highest BCUT2D eigenvalue weighted by atomic mass is 16.5. The van der Waals surface area contributed by atoms with Gasteiger partial charge in [-0.3, -0.25) is 0 Å². The Labute approximate surface area is 131 Å². The number of hydrogen-bond donors (Lipinski definition) is 2. The highest BCUT2D eigenvalue weighted by Gasteiger charge is 2.04. The van der Waals surface area contributed by atoms with Gasteiger partial charge >= 0.3 is 6.03 Å². The number of hydrogen-bond acceptors (Lipinski definition) is 2. The number of anilines is 1. The standard InChI is InChI=1S/C18H22N2O2/c1-15(16-9-4-2-5-10-16)22-14-8-13-19-18(21)20-17-11-6-3-7-12-17/h2-7,9-12,15H,8,13-14H2,1H3,(H2,19,20,21)/t15-/m1/s1. The van der Waals surface area contributed by atoms with Gasteiger partial charge in [0.15, 0.2) is 0 Å². The molecule has 4 heteroatoms. The summed E-state index contributed by atoms with van der Waals surface area (Å²) in [7, 11) is 0. The first-order valence-corrected chi connectivity index (χ1v) is 7.52. The molecular formula is C18H22N2O2. The topological polar surface area (TPSA) is 50.4 Å². The van der Waals surface area contributed by atoms with Crippen molar-refractivity contribution in [1.29, 1.82) is 0 Å². The minimum Gasteiger partial charge on any atom is -0.374 e. The van der Waals surface area contributed by atoms with Crippen LogP contribution in [0.25, 0.3) is 0 Å². The highest BCUT2D eigenvalue weighted by Crippen LogP contribution is 2.15. The molecule has 0 aliphatic carbocycles. The van der Waals surface area contributed by atoms with Crippen LogP contribution < -0.4 is 10.6 Å². The monoisotopic (exact) mass is 298 g/mol. The third-order valence-corrected chi connectivity index (χ3v) is 3.28. The maximum absolute atomic E-state index is 11.7. The van der Waals surface area contributed by atoms with Crippen LogP contribution in [-0.2, 0) is 4.74 Å². The summed E-state index contributed by atoms with van der Waals surface area (Å²) < 4.78 is 5.76. The van der Waals surface area contributed by atoms with E-state index in [1.54, 1.807) is 0 Å². The number of amides is 2. The van der Waals surface area contributed by atoms with E-state index in [1.165, 1.54) is 0 Å². The molecule has 2 aromatic rings. The number of urea groups is 1. The smallest absolute Gasteiger partial charge is 0.319 e. The van der Waals surface area contributed by atoms with Crippen LogP contribution in [0.4, 0.5) is 10.5 Å². The first kappa shape index (κ1) is 16.0. The lowest BCUT2D eigenvalue weighted by Gasteiger charge is -2.13. The second-order valence-electron chi connectivity index (χ2n) is 5.02. The lowest BCUT2D eigenvalue weighted by molar-refractivity contribution is 0.0644. The van der Waals surface area contributed by atoms with Crippen LogP contribution in [0.2, 0.25) is 0 Å². The van der Waals surface area contributed by atoms with E-state index in [9.17, 15) is 4.79 Å². The maximum Gasteiger partial charge on any atom is 0.319 e. The molecule has 0 aliphatic heterocycles. The molecule has 22 heavy (non-hydrogen) atoms. The van der Waals surface area contributed by atoms with Crippen LogP contribution in [0, 0.1) is 0 Å². The van der Waals surface area contributed by atoms with E-state index < -0.39 is 0 Å². The SMILES string of the molecule is C[C@@H](OCCCNC(=O)Nc1ccccc1)c1ccccc1. The van der Waals surface area contributed by atoms with Crippen molar-refractivity contribution in [2.24, 2.45) is 0 Å². The third-order valence-electron chi connectivity index (χ3n) is 3.28. The molecule has 0 aliphatic rings. The van der Waals surface area contributed by atoms with Crippen molar-refractivity contribution in [3.63, 3.8) is 0 Å². The number of carbonyl (C=O) groups is 1. The Morgan fingerprint density at radius 3 is 2.36 bits per heavy atom. The van der Waals surface area contributed by atoms with E-state index in [0.29, 0.717) is 13.2 Å². The summed E-state index contributed by atoms with van der Waals surface area (Å²) in [5.74, 6) is 0. The van der Waals surface area contributed by atoms with Gasteiger partial charge in [0.2, 0.25) is 0 Å². The molecule has 4 nitrogen and oxygen atoms in total. The van der Waals surface area contributed by atoms with Crippen molar-refractivity contribution >= 4 is 11.7 Å². The molecule has 0 saturated heterocycles. The Morgan fingerprint density at radius 1 is 1.05 bits per heavy atom. The molecule has 2 rings (SSSR count). The molecule has 2 amide bonds. The van der Waals surface area contributed by atoms with E-state index >= 15 is 0 Å². The van der Waals surface area contributed by atoms with Gasteiger partial charge in [-0.25, -0.2) is 4.79 Å². The molecule has 0 bridgehead atoms. The van der Waals surface area contributed by atoms with E-state index in [-0.39, 0.29) is 12.1 Å². The Hall–Kier alpha value is -2.33. The predicted octanol–water partition coefficient (Wildman–Crippen LogP) is 3.98. The van der Waals surface area contributed by atoms with Gasteiger partial charge in [-0.2, -0.15) is 0 Å². The second-order valence-corrected chi connectivity index (χ2v) is 5.02. The Morgan fingerprint density at radius 2 is 1.68 bits per heavy atom. The first-order chi connectivity index (χ1) is 10.8. The number of rotatable bonds is 7. The average molecular weight is 298 g/mol. The summed E-state index contributed by atoms with van der Waals surface area (Å²) in [6, 6.07) is 19.3. The van der Waals surface area contributed by atoms with Crippen LogP contribution in [0.3, 0.4) is 0 Å². The maximum atomic E-state index is 11.7. The summed E-state index contributed by atoms with van der Waals surface area (Å²) in [4.78, 5) is 11.7. The molecule has 1 atom stereocenters. The predicted molar refractivity (Wildman–Crippen MR) is 88.9 cm³/mol. The number of nitrogens with one attached hydrogen (secondary N) is 2. The zero-order valence-corrected chi connectivity index (χ0v) is 12.8. The van der Waals surface area contributed by atoms with Gasteiger partial charge in [-0.05, 0) is 31.0 Å². The second kappa shape index (κ2) is 8.85. The van der Waals surface area contributed by atoms with Gasteiger partial charge in [0.1, 0.15) is 0 Å². The zero-order valence-electron chi connectivity index (χ0n) is 12.8. The van der Waals surface area contributed by atoms with Crippen LogP contribution in [0.15, 0.2) is 60.7 Å². The number of benzene rings is 2. The fourth-order valence-electron chi connectivity index (χ4n) is 2.05. The van der Waals surface area contributed by atoms with Crippen molar-refractivity contribution in [3.8, 4) is 0 Å². The Balaban J connectivity index is 1.58. The van der Waals surface area contributed by atoms with Gasteiger partial charge in [0.05, 0.1) is 6.10 Å². The molecule has 2 aromatic carbocycles. The third kappa shape index (κ3) is 5.58.